The summed E-state index contributed by atoms with van der Waals surface area (Å²) >= 11 is 0. The average molecular weight is 655 g/mol. The summed E-state index contributed by atoms with van der Waals surface area (Å²) in [4.78, 5) is 31.5. The number of phenolic OH excluding ortho intramolecular Hbond substituents is 3. The van der Waals surface area contributed by atoms with Crippen molar-refractivity contribution >= 4 is 46.8 Å². The Morgan fingerprint density at radius 1 is 0.792 bits per heavy atom. The van der Waals surface area contributed by atoms with Gasteiger partial charge in [0.05, 0.1) is 16.9 Å². The number of nitrogens with zero attached hydrogens (tertiary/aromatic N) is 2. The number of ketones is 1. The van der Waals surface area contributed by atoms with Crippen molar-refractivity contribution in [2.75, 3.05) is 12.0 Å². The molecule has 4 aromatic carbocycles. The maximum atomic E-state index is 11.8. The number of anilines is 1. The molecule has 0 aliphatic carbocycles. The molecule has 0 bridgehead atoms. The van der Waals surface area contributed by atoms with E-state index in [9.17, 15) is 19.5 Å². The maximum absolute atomic E-state index is 11.8. The van der Waals surface area contributed by atoms with Crippen molar-refractivity contribution < 1.29 is 34.8 Å². The summed E-state index contributed by atoms with van der Waals surface area (Å²) in [7, 11) is 0. The fourth-order valence-electron chi connectivity index (χ4n) is 3.35. The van der Waals surface area contributed by atoms with E-state index < -0.39 is 5.97 Å². The molecule has 0 aliphatic heterocycles. The SMILES string of the molecule is CC(=O)NCC(=O)O.N=C(N)c1ccc(/N=N/Nc2ccc(C(=N)N)cc2)cc1.O=C(/C=C/c1ccc(O)cc1)c1ccc(O)cc1O. The van der Waals surface area contributed by atoms with Gasteiger partial charge in [0.25, 0.3) is 0 Å². The van der Waals surface area contributed by atoms with Gasteiger partial charge >= 0.3 is 5.97 Å². The zero-order valence-corrected chi connectivity index (χ0v) is 25.6. The number of benzene rings is 4. The number of hydrogen-bond donors (Lipinski definition) is 10. The van der Waals surface area contributed by atoms with E-state index in [1.165, 1.54) is 37.3 Å². The van der Waals surface area contributed by atoms with Crippen LogP contribution in [-0.4, -0.2) is 56.3 Å². The molecule has 0 unspecified atom stereocenters. The van der Waals surface area contributed by atoms with Crippen molar-refractivity contribution in [2.45, 2.75) is 6.92 Å². The number of hydrogen-bond acceptors (Lipinski definition) is 10. The van der Waals surface area contributed by atoms with Gasteiger partial charge in [-0.2, -0.15) is 0 Å². The van der Waals surface area contributed by atoms with E-state index in [1.54, 1.807) is 66.7 Å². The summed E-state index contributed by atoms with van der Waals surface area (Å²) < 4.78 is 0. The molecule has 12 N–H and O–H groups in total. The van der Waals surface area contributed by atoms with E-state index >= 15 is 0 Å². The van der Waals surface area contributed by atoms with Crippen LogP contribution in [-0.2, 0) is 9.59 Å². The van der Waals surface area contributed by atoms with Crippen molar-refractivity contribution in [3.63, 3.8) is 0 Å². The van der Waals surface area contributed by atoms with E-state index in [4.69, 9.17) is 37.6 Å². The van der Waals surface area contributed by atoms with Crippen LogP contribution in [0, 0.1) is 10.8 Å². The van der Waals surface area contributed by atoms with Gasteiger partial charge in [0.2, 0.25) is 5.91 Å². The van der Waals surface area contributed by atoms with Crippen LogP contribution in [0.3, 0.4) is 0 Å². The van der Waals surface area contributed by atoms with E-state index in [-0.39, 0.29) is 52.7 Å². The molecule has 0 heterocycles. The topological polar surface area (TPSA) is 281 Å². The van der Waals surface area contributed by atoms with E-state index in [1.807, 2.05) is 0 Å². The number of allylic oxidation sites excluding steroid dienone is 1. The van der Waals surface area contributed by atoms with Crippen molar-refractivity contribution in [2.24, 2.45) is 21.8 Å². The highest BCUT2D eigenvalue weighted by molar-refractivity contribution is 6.08. The average Bonchev–Trinajstić information content (AvgIpc) is 3.04. The summed E-state index contributed by atoms with van der Waals surface area (Å²) in [5.74, 6) is -1.90. The largest absolute Gasteiger partial charge is 0.508 e. The number of carbonyl (C=O) groups is 3. The van der Waals surface area contributed by atoms with Crippen LogP contribution in [0.15, 0.2) is 107 Å². The van der Waals surface area contributed by atoms with E-state index in [0.29, 0.717) is 16.8 Å². The Balaban J connectivity index is 0.000000274. The minimum Gasteiger partial charge on any atom is -0.508 e. The molecule has 0 aromatic heterocycles. The van der Waals surface area contributed by atoms with Gasteiger partial charge in [0.15, 0.2) is 5.78 Å². The Hall–Kier alpha value is -7.03. The van der Waals surface area contributed by atoms with Crippen LogP contribution in [0.25, 0.3) is 6.08 Å². The molecular weight excluding hydrogens is 620 g/mol. The monoisotopic (exact) mass is 654 g/mol. The lowest BCUT2D eigenvalue weighted by Gasteiger charge is -2.01. The first kappa shape index (κ1) is 37.2. The first-order chi connectivity index (χ1) is 22.7. The lowest BCUT2D eigenvalue weighted by atomic mass is 10.1. The van der Waals surface area contributed by atoms with Crippen molar-refractivity contribution in [1.29, 1.82) is 10.8 Å². The number of carbonyl (C=O) groups excluding carboxylic acids is 2. The van der Waals surface area contributed by atoms with Crippen LogP contribution < -0.4 is 22.2 Å². The van der Waals surface area contributed by atoms with Crippen molar-refractivity contribution in [1.82, 2.24) is 5.32 Å². The Labute approximate surface area is 274 Å². The summed E-state index contributed by atoms with van der Waals surface area (Å²) in [6.45, 7) is 0.971. The first-order valence-corrected chi connectivity index (χ1v) is 13.8. The van der Waals surface area contributed by atoms with Crippen LogP contribution >= 0.6 is 0 Å². The second-order valence-corrected chi connectivity index (χ2v) is 9.56. The van der Waals surface area contributed by atoms with Gasteiger partial charge in [-0.25, -0.2) is 0 Å². The van der Waals surface area contributed by atoms with Crippen LogP contribution in [0.1, 0.15) is 34.0 Å². The number of amidine groups is 2. The molecule has 0 aliphatic rings. The van der Waals surface area contributed by atoms with Crippen molar-refractivity contribution in [3.8, 4) is 17.2 Å². The minimum absolute atomic E-state index is 0.0159. The number of carboxylic acids is 1. The second kappa shape index (κ2) is 18.7. The van der Waals surface area contributed by atoms with E-state index in [0.717, 1.165) is 17.3 Å². The van der Waals surface area contributed by atoms with Gasteiger partial charge in [-0.1, -0.05) is 23.4 Å². The third kappa shape index (κ3) is 13.7. The Morgan fingerprint density at radius 2 is 1.33 bits per heavy atom. The smallest absolute Gasteiger partial charge is 0.322 e. The van der Waals surface area contributed by atoms with Gasteiger partial charge in [0, 0.05) is 24.1 Å². The van der Waals surface area contributed by atoms with Crippen LogP contribution in [0.2, 0.25) is 0 Å². The predicted octanol–water partition coefficient (Wildman–Crippen LogP) is 4.27. The van der Waals surface area contributed by atoms with Gasteiger partial charge in [0.1, 0.15) is 35.5 Å². The molecule has 15 nitrogen and oxygen atoms in total. The molecule has 0 fully saturated rings. The molecule has 0 radical (unpaired) electrons. The molecule has 0 atom stereocenters. The number of phenols is 3. The van der Waals surface area contributed by atoms with E-state index in [2.05, 4.69) is 21.1 Å². The number of nitrogen functional groups attached to an aromatic ring is 2. The zero-order valence-electron chi connectivity index (χ0n) is 25.6. The number of amides is 1. The summed E-state index contributed by atoms with van der Waals surface area (Å²) in [6.07, 6.45) is 2.90. The normalized spacial score (nSPS) is 10.2. The molecule has 4 aromatic rings. The molecule has 0 saturated carbocycles. The summed E-state index contributed by atoms with van der Waals surface area (Å²) in [6, 6.07) is 24.0. The minimum atomic E-state index is -1.03. The highest BCUT2D eigenvalue weighted by Crippen LogP contribution is 2.23. The second-order valence-electron chi connectivity index (χ2n) is 9.56. The van der Waals surface area contributed by atoms with Crippen molar-refractivity contribution in [3.05, 3.63) is 119 Å². The third-order valence-electron chi connectivity index (χ3n) is 5.77. The predicted molar refractivity (Wildman–Crippen MR) is 181 cm³/mol. The Kier molecular flexibility index (Phi) is 14.5. The number of nitrogens with two attached hydrogens (primary N) is 2. The molecule has 48 heavy (non-hydrogen) atoms. The summed E-state index contributed by atoms with van der Waals surface area (Å²) in [5, 5.41) is 60.3. The first-order valence-electron chi connectivity index (χ1n) is 13.8. The highest BCUT2D eigenvalue weighted by Gasteiger charge is 2.08. The number of aliphatic carboxylic acids is 1. The summed E-state index contributed by atoms with van der Waals surface area (Å²) in [5.41, 5.74) is 17.1. The Morgan fingerprint density at radius 3 is 1.81 bits per heavy atom. The quantitative estimate of drug-likeness (QED) is 0.0289. The van der Waals surface area contributed by atoms with Gasteiger partial charge in [-0.05, 0) is 84.4 Å². The third-order valence-corrected chi connectivity index (χ3v) is 5.77. The van der Waals surface area contributed by atoms with Gasteiger partial charge in [-0.3, -0.25) is 30.6 Å². The van der Waals surface area contributed by atoms with Gasteiger partial charge in [-0.15, -0.1) is 5.11 Å². The Bertz CT molecular complexity index is 1770. The molecule has 15 heteroatoms. The zero-order chi connectivity index (χ0) is 35.6. The van der Waals surface area contributed by atoms with Gasteiger partial charge < -0.3 is 37.2 Å². The molecular formula is C33H34N8O7. The fraction of sp³-hybridized carbons (Fsp3) is 0.0606. The molecule has 248 valence electrons. The molecule has 4 rings (SSSR count). The lowest BCUT2D eigenvalue weighted by Crippen LogP contribution is -2.26. The van der Waals surface area contributed by atoms with Crippen LogP contribution in [0.4, 0.5) is 11.4 Å². The number of rotatable bonds is 10. The maximum Gasteiger partial charge on any atom is 0.322 e. The van der Waals surface area contributed by atoms with Crippen LogP contribution in [0.5, 0.6) is 17.2 Å². The lowest BCUT2D eigenvalue weighted by molar-refractivity contribution is -0.137. The molecule has 0 saturated heterocycles. The highest BCUT2D eigenvalue weighted by atomic mass is 16.4. The molecule has 0 spiro atoms. The number of carboxylic acid groups (broad SMARTS) is 1. The molecule has 1 amide bonds. The number of aromatic hydroxyl groups is 3. The fourth-order valence-corrected chi connectivity index (χ4v) is 3.35. The standard InChI is InChI=1S/C15H12O4.C14H15N7.C4H7NO3/c16-11-4-1-10(2-5-11)3-8-14(18)13-7-6-12(17)9-15(13)19;15-13(16)9-1-5-11(6-2-9)19-21-20-12-7-3-10(4-8-12)14(17)18;1-3(6)5-2-4(7)8/h1-9,16-17,19H;1-8H,(H3,15,16)(H3,17,18)(H,19,20);2H2,1H3,(H,5,6)(H,7,8)/b8-3+;;. The number of nitrogens with one attached hydrogen (secondary N) is 4.